The number of carboxylic acids is 1. The van der Waals surface area contributed by atoms with Crippen LogP contribution in [-0.2, 0) is 14.3 Å². The Kier molecular flexibility index (Phi) is 1.58. The summed E-state index contributed by atoms with van der Waals surface area (Å²) < 4.78 is 4.25. The number of hydrogen-bond acceptors (Lipinski definition) is 4. The fraction of sp³-hybridized carbons (Fsp3) is 0.600. The number of carbonyl (C=O) groups excluding carboxylic acids is 1. The van der Waals surface area contributed by atoms with Crippen LogP contribution >= 0.6 is 0 Å². The van der Waals surface area contributed by atoms with Crippen molar-refractivity contribution in [2.45, 2.75) is 18.6 Å². The summed E-state index contributed by atoms with van der Waals surface area (Å²) in [6.07, 6.45) is -2.78. The highest BCUT2D eigenvalue weighted by atomic mass is 16.6. The molecule has 5 nitrogen and oxygen atoms in total. The van der Waals surface area contributed by atoms with Gasteiger partial charge in [-0.2, -0.15) is 0 Å². The number of carboxylic acid groups (broad SMARTS) is 1. The summed E-state index contributed by atoms with van der Waals surface area (Å²) in [5.41, 5.74) is 0. The predicted octanol–water partition coefficient (Wildman–Crippen LogP) is -1.25. The lowest BCUT2D eigenvalue weighted by Crippen LogP contribution is -2.29. The van der Waals surface area contributed by atoms with Crippen molar-refractivity contribution in [3.8, 4) is 0 Å². The lowest BCUT2D eigenvalue weighted by molar-refractivity contribution is -0.159. The Morgan fingerprint density at radius 2 is 2.30 bits per heavy atom. The molecule has 2 N–H and O–H groups in total. The van der Waals surface area contributed by atoms with Gasteiger partial charge >= 0.3 is 11.9 Å². The lowest BCUT2D eigenvalue weighted by Gasteiger charge is -2.05. The number of aliphatic carboxylic acids is 1. The number of cyclic esters (lactones) is 1. The van der Waals surface area contributed by atoms with Gasteiger partial charge in [-0.15, -0.1) is 0 Å². The molecule has 0 spiro atoms. The fourth-order valence-electron chi connectivity index (χ4n) is 0.761. The first-order valence-corrected chi connectivity index (χ1v) is 2.71. The quantitative estimate of drug-likeness (QED) is 0.451. The number of aliphatic hydroxyl groups is 1. The maximum absolute atomic E-state index is 10.3. The largest absolute Gasteiger partial charge is 0.478 e. The minimum atomic E-state index is -1.37. The van der Waals surface area contributed by atoms with Gasteiger partial charge in [0.05, 0.1) is 6.42 Å². The highest BCUT2D eigenvalue weighted by Gasteiger charge is 2.38. The lowest BCUT2D eigenvalue weighted by atomic mass is 10.2. The molecule has 1 fully saturated rings. The molecule has 0 aliphatic carbocycles. The summed E-state index contributed by atoms with van der Waals surface area (Å²) in [4.78, 5) is 20.4. The highest BCUT2D eigenvalue weighted by molar-refractivity contribution is 5.82. The standard InChI is InChI=1S/C5H6O5/c6-2-1-3(7)10-4(2)5(8)9/h2,4,6H,1H2,(H,8,9)/t2?,4-/m1/s1. The minimum Gasteiger partial charge on any atom is -0.478 e. The minimum absolute atomic E-state index is 0.225. The summed E-state index contributed by atoms with van der Waals surface area (Å²) in [7, 11) is 0. The van der Waals surface area contributed by atoms with Crippen LogP contribution in [0, 0.1) is 0 Å². The van der Waals surface area contributed by atoms with Crippen LogP contribution in [0.25, 0.3) is 0 Å². The Balaban J connectivity index is 2.63. The van der Waals surface area contributed by atoms with Gasteiger partial charge in [0.15, 0.2) is 0 Å². The number of aliphatic hydroxyl groups excluding tert-OH is 1. The summed E-state index contributed by atoms with van der Waals surface area (Å²) in [6, 6.07) is 0. The van der Waals surface area contributed by atoms with Crippen LogP contribution in [0.1, 0.15) is 6.42 Å². The fourth-order valence-corrected chi connectivity index (χ4v) is 0.761. The van der Waals surface area contributed by atoms with Gasteiger partial charge in [0.2, 0.25) is 6.10 Å². The van der Waals surface area contributed by atoms with Gasteiger partial charge in [-0.05, 0) is 0 Å². The Bertz CT molecular complexity index is 175. The summed E-state index contributed by atoms with van der Waals surface area (Å²) >= 11 is 0. The van der Waals surface area contributed by atoms with Gasteiger partial charge in [0.1, 0.15) is 6.10 Å². The molecule has 0 radical (unpaired) electrons. The van der Waals surface area contributed by atoms with Crippen LogP contribution in [0.2, 0.25) is 0 Å². The second-order valence-electron chi connectivity index (χ2n) is 2.02. The van der Waals surface area contributed by atoms with E-state index in [1.54, 1.807) is 0 Å². The Morgan fingerprint density at radius 1 is 1.70 bits per heavy atom. The molecule has 10 heavy (non-hydrogen) atoms. The first-order valence-electron chi connectivity index (χ1n) is 2.71. The third kappa shape index (κ3) is 1.08. The maximum Gasteiger partial charge on any atom is 0.347 e. The van der Waals surface area contributed by atoms with Gasteiger partial charge in [-0.25, -0.2) is 4.79 Å². The zero-order chi connectivity index (χ0) is 7.72. The number of rotatable bonds is 1. The van der Waals surface area contributed by atoms with Crippen LogP contribution in [0.4, 0.5) is 0 Å². The molecule has 1 saturated heterocycles. The molecule has 1 aliphatic heterocycles. The summed E-state index contributed by atoms with van der Waals surface area (Å²) in [6.45, 7) is 0. The van der Waals surface area contributed by atoms with Gasteiger partial charge < -0.3 is 14.9 Å². The molecule has 0 aromatic rings. The number of hydrogen-bond donors (Lipinski definition) is 2. The van der Waals surface area contributed by atoms with E-state index < -0.39 is 24.1 Å². The highest BCUT2D eigenvalue weighted by Crippen LogP contribution is 2.14. The van der Waals surface area contributed by atoms with Crippen LogP contribution < -0.4 is 0 Å². The SMILES string of the molecule is O=C1CC(O)[C@H](C(=O)O)O1. The average molecular weight is 146 g/mol. The Morgan fingerprint density at radius 3 is 2.50 bits per heavy atom. The van der Waals surface area contributed by atoms with Crippen molar-refractivity contribution in [3.63, 3.8) is 0 Å². The van der Waals surface area contributed by atoms with Crippen LogP contribution in [0.15, 0.2) is 0 Å². The van der Waals surface area contributed by atoms with Gasteiger partial charge in [0, 0.05) is 0 Å². The van der Waals surface area contributed by atoms with Gasteiger partial charge in [-0.3, -0.25) is 4.79 Å². The van der Waals surface area contributed by atoms with E-state index in [2.05, 4.69) is 4.74 Å². The van der Waals surface area contributed by atoms with Crippen molar-refractivity contribution in [3.05, 3.63) is 0 Å². The van der Waals surface area contributed by atoms with E-state index in [1.807, 2.05) is 0 Å². The zero-order valence-electron chi connectivity index (χ0n) is 4.98. The molecule has 1 heterocycles. The van der Waals surface area contributed by atoms with Gasteiger partial charge in [-0.1, -0.05) is 0 Å². The van der Waals surface area contributed by atoms with Crippen molar-refractivity contribution < 1.29 is 24.5 Å². The number of esters is 1. The molecule has 0 aromatic carbocycles. The molecular weight excluding hydrogens is 140 g/mol. The molecule has 0 amide bonds. The molecular formula is C5H6O5. The molecule has 0 bridgehead atoms. The average Bonchev–Trinajstić information content (AvgIpc) is 2.10. The van der Waals surface area contributed by atoms with Crippen LogP contribution in [0.5, 0.6) is 0 Å². The Hall–Kier alpha value is -1.10. The number of carbonyl (C=O) groups is 2. The first-order chi connectivity index (χ1) is 4.61. The predicted molar refractivity (Wildman–Crippen MR) is 28.1 cm³/mol. The van der Waals surface area contributed by atoms with Crippen LogP contribution in [-0.4, -0.2) is 34.4 Å². The molecule has 5 heteroatoms. The van der Waals surface area contributed by atoms with Crippen molar-refractivity contribution in [1.82, 2.24) is 0 Å². The second-order valence-corrected chi connectivity index (χ2v) is 2.02. The van der Waals surface area contributed by atoms with E-state index in [0.717, 1.165) is 0 Å². The summed E-state index contributed by atoms with van der Waals surface area (Å²) in [5.74, 6) is -1.97. The Labute approximate surface area is 56.2 Å². The van der Waals surface area contributed by atoms with E-state index in [1.165, 1.54) is 0 Å². The maximum atomic E-state index is 10.3. The van der Waals surface area contributed by atoms with Crippen molar-refractivity contribution in [2.75, 3.05) is 0 Å². The smallest absolute Gasteiger partial charge is 0.347 e. The second kappa shape index (κ2) is 2.26. The zero-order valence-corrected chi connectivity index (χ0v) is 4.98. The molecule has 56 valence electrons. The third-order valence-corrected chi connectivity index (χ3v) is 1.23. The molecule has 1 rings (SSSR count). The van der Waals surface area contributed by atoms with Gasteiger partial charge in [0.25, 0.3) is 0 Å². The normalized spacial score (nSPS) is 31.9. The van der Waals surface area contributed by atoms with E-state index in [0.29, 0.717) is 0 Å². The van der Waals surface area contributed by atoms with Crippen molar-refractivity contribution >= 4 is 11.9 Å². The molecule has 0 aromatic heterocycles. The van der Waals surface area contributed by atoms with E-state index in [4.69, 9.17) is 10.2 Å². The molecule has 0 saturated carbocycles. The summed E-state index contributed by atoms with van der Waals surface area (Å²) in [5, 5.41) is 17.1. The topological polar surface area (TPSA) is 83.8 Å². The van der Waals surface area contributed by atoms with Crippen molar-refractivity contribution in [1.29, 1.82) is 0 Å². The molecule has 2 atom stereocenters. The van der Waals surface area contributed by atoms with Crippen LogP contribution in [0.3, 0.4) is 0 Å². The number of ether oxygens (including phenoxy) is 1. The molecule has 1 aliphatic rings. The van der Waals surface area contributed by atoms with Crippen molar-refractivity contribution in [2.24, 2.45) is 0 Å². The van der Waals surface area contributed by atoms with E-state index in [-0.39, 0.29) is 6.42 Å². The molecule has 1 unspecified atom stereocenters. The monoisotopic (exact) mass is 146 g/mol. The first kappa shape index (κ1) is 7.01. The van der Waals surface area contributed by atoms with E-state index >= 15 is 0 Å². The third-order valence-electron chi connectivity index (χ3n) is 1.23. The van der Waals surface area contributed by atoms with E-state index in [9.17, 15) is 9.59 Å².